The van der Waals surface area contributed by atoms with Gasteiger partial charge in [-0.25, -0.2) is 0 Å². The number of ether oxygens (including phenoxy) is 1. The Labute approximate surface area is 178 Å². The smallest absolute Gasteiger partial charge is 0.109 e. The van der Waals surface area contributed by atoms with Crippen LogP contribution in [-0.2, 0) is 11.2 Å². The van der Waals surface area contributed by atoms with Crippen molar-refractivity contribution in [3.05, 3.63) is 75.9 Å². The van der Waals surface area contributed by atoms with Crippen LogP contribution in [0, 0.1) is 19.8 Å². The van der Waals surface area contributed by atoms with Crippen molar-refractivity contribution in [1.29, 1.82) is 0 Å². The monoisotopic (exact) mass is 408 g/mol. The van der Waals surface area contributed by atoms with E-state index in [9.17, 15) is 15.3 Å². The number of hydrogen-bond acceptors (Lipinski definition) is 4. The predicted molar refractivity (Wildman–Crippen MR) is 119 cm³/mol. The Hall–Kier alpha value is -1.98. The standard InChI is InChI=1S/C26H32O4/c1-6-17-10-14(3)22-15(4)21-13(2)8-7-9-18(21)23(19(22)11-17)26-16(5)24(28)25(29)20(12-27)30-26/h7-11,16,20,23-29H,4,6,12H2,1-3,5H3. The summed E-state index contributed by atoms with van der Waals surface area (Å²) in [5.41, 5.74) is 9.21. The van der Waals surface area contributed by atoms with Crippen LogP contribution in [0.3, 0.4) is 0 Å². The molecule has 4 heteroatoms. The van der Waals surface area contributed by atoms with Crippen molar-refractivity contribution in [3.63, 3.8) is 0 Å². The second-order valence-electron chi connectivity index (χ2n) is 8.89. The number of aliphatic hydroxyl groups excluding tert-OH is 3. The third-order valence-corrected chi connectivity index (χ3v) is 7.04. The molecule has 3 N–H and O–H groups in total. The van der Waals surface area contributed by atoms with Gasteiger partial charge in [0.25, 0.3) is 0 Å². The lowest BCUT2D eigenvalue weighted by Crippen LogP contribution is -2.56. The molecule has 6 atom stereocenters. The maximum Gasteiger partial charge on any atom is 0.109 e. The SMILES string of the molecule is C=C1c2c(C)cccc2C(C2OC(CO)C(O)C(O)C2C)c2cc(CC)cc(C)c21. The Bertz CT molecular complexity index is 977. The van der Waals surface area contributed by atoms with Gasteiger partial charge in [0.05, 0.1) is 18.8 Å². The van der Waals surface area contributed by atoms with Crippen LogP contribution in [0.2, 0.25) is 0 Å². The number of aryl methyl sites for hydroxylation is 3. The van der Waals surface area contributed by atoms with Gasteiger partial charge in [-0.15, -0.1) is 0 Å². The van der Waals surface area contributed by atoms with E-state index in [0.29, 0.717) is 0 Å². The second kappa shape index (κ2) is 7.93. The first kappa shape index (κ1) is 21.3. The lowest BCUT2D eigenvalue weighted by Gasteiger charge is -2.46. The maximum atomic E-state index is 10.7. The van der Waals surface area contributed by atoms with Crippen molar-refractivity contribution < 1.29 is 20.1 Å². The van der Waals surface area contributed by atoms with Gasteiger partial charge in [-0.1, -0.05) is 50.8 Å². The maximum absolute atomic E-state index is 10.7. The molecule has 4 rings (SSSR count). The van der Waals surface area contributed by atoms with Gasteiger partial charge >= 0.3 is 0 Å². The fraction of sp³-hybridized carbons (Fsp3) is 0.462. The summed E-state index contributed by atoms with van der Waals surface area (Å²) in [5, 5.41) is 30.9. The minimum Gasteiger partial charge on any atom is -0.394 e. The van der Waals surface area contributed by atoms with Crippen molar-refractivity contribution in [3.8, 4) is 0 Å². The predicted octanol–water partition coefficient (Wildman–Crippen LogP) is 3.49. The molecule has 30 heavy (non-hydrogen) atoms. The van der Waals surface area contributed by atoms with E-state index in [1.165, 1.54) is 11.1 Å². The summed E-state index contributed by atoms with van der Waals surface area (Å²) in [6, 6.07) is 10.7. The van der Waals surface area contributed by atoms with Crippen molar-refractivity contribution in [2.75, 3.05) is 6.61 Å². The van der Waals surface area contributed by atoms with Gasteiger partial charge < -0.3 is 20.1 Å². The fourth-order valence-electron chi connectivity index (χ4n) is 5.43. The summed E-state index contributed by atoms with van der Waals surface area (Å²) in [4.78, 5) is 0. The quantitative estimate of drug-likeness (QED) is 0.727. The van der Waals surface area contributed by atoms with E-state index in [2.05, 4.69) is 57.7 Å². The van der Waals surface area contributed by atoms with Crippen LogP contribution in [0.4, 0.5) is 0 Å². The minimum absolute atomic E-state index is 0.114. The molecular formula is C26H32O4. The van der Waals surface area contributed by atoms with E-state index >= 15 is 0 Å². The highest BCUT2D eigenvalue weighted by Crippen LogP contribution is 2.49. The molecule has 0 aromatic heterocycles. The summed E-state index contributed by atoms with van der Waals surface area (Å²) in [6.45, 7) is 12.4. The van der Waals surface area contributed by atoms with Gasteiger partial charge in [0.1, 0.15) is 12.2 Å². The molecule has 1 heterocycles. The van der Waals surface area contributed by atoms with Gasteiger partial charge in [0, 0.05) is 11.8 Å². The largest absolute Gasteiger partial charge is 0.394 e. The summed E-state index contributed by atoms with van der Waals surface area (Å²) < 4.78 is 6.28. The lowest BCUT2D eigenvalue weighted by atomic mass is 9.67. The minimum atomic E-state index is -1.10. The van der Waals surface area contributed by atoms with E-state index in [-0.39, 0.29) is 24.5 Å². The third-order valence-electron chi connectivity index (χ3n) is 7.04. The summed E-state index contributed by atoms with van der Waals surface area (Å²) >= 11 is 0. The molecule has 2 aromatic carbocycles. The summed E-state index contributed by atoms with van der Waals surface area (Å²) in [7, 11) is 0. The fourth-order valence-corrected chi connectivity index (χ4v) is 5.43. The molecule has 0 spiro atoms. The topological polar surface area (TPSA) is 69.9 Å². The Kier molecular flexibility index (Phi) is 5.62. The lowest BCUT2D eigenvalue weighted by molar-refractivity contribution is -0.208. The number of hydrogen-bond donors (Lipinski definition) is 3. The first-order chi connectivity index (χ1) is 14.3. The molecule has 1 fully saturated rings. The molecule has 2 aromatic rings. The molecule has 4 nitrogen and oxygen atoms in total. The average molecular weight is 409 g/mol. The van der Waals surface area contributed by atoms with Gasteiger partial charge in [-0.2, -0.15) is 0 Å². The summed E-state index contributed by atoms with van der Waals surface area (Å²) in [6.07, 6.45) is -2.31. The highest BCUT2D eigenvalue weighted by Gasteiger charge is 2.47. The molecule has 1 aliphatic carbocycles. The van der Waals surface area contributed by atoms with Crippen LogP contribution in [0.15, 0.2) is 36.9 Å². The zero-order valence-corrected chi connectivity index (χ0v) is 18.2. The first-order valence-corrected chi connectivity index (χ1v) is 10.8. The van der Waals surface area contributed by atoms with Gasteiger partial charge in [0.15, 0.2) is 0 Å². The van der Waals surface area contributed by atoms with Crippen LogP contribution in [0.5, 0.6) is 0 Å². The first-order valence-electron chi connectivity index (χ1n) is 10.8. The van der Waals surface area contributed by atoms with E-state index in [0.717, 1.165) is 39.8 Å². The van der Waals surface area contributed by atoms with E-state index in [1.54, 1.807) is 0 Å². The molecule has 0 saturated carbocycles. The van der Waals surface area contributed by atoms with Gasteiger partial charge in [-0.05, 0) is 64.8 Å². The van der Waals surface area contributed by atoms with Crippen LogP contribution in [0.1, 0.15) is 58.7 Å². The van der Waals surface area contributed by atoms with Gasteiger partial charge in [0.2, 0.25) is 0 Å². The highest BCUT2D eigenvalue weighted by atomic mass is 16.5. The molecule has 1 aliphatic heterocycles. The van der Waals surface area contributed by atoms with Crippen molar-refractivity contribution in [2.45, 2.75) is 64.4 Å². The Morgan fingerprint density at radius 2 is 1.70 bits per heavy atom. The van der Waals surface area contributed by atoms with Crippen LogP contribution in [-0.4, -0.2) is 46.3 Å². The van der Waals surface area contributed by atoms with Crippen molar-refractivity contribution >= 4 is 5.57 Å². The number of aliphatic hydroxyl groups is 3. The second-order valence-corrected chi connectivity index (χ2v) is 8.89. The van der Waals surface area contributed by atoms with Crippen molar-refractivity contribution in [2.24, 2.45) is 5.92 Å². The number of fused-ring (bicyclic) bond motifs is 2. The van der Waals surface area contributed by atoms with E-state index in [4.69, 9.17) is 4.74 Å². The van der Waals surface area contributed by atoms with E-state index < -0.39 is 18.3 Å². The average Bonchev–Trinajstić information content (AvgIpc) is 2.73. The molecular weight excluding hydrogens is 376 g/mol. The molecule has 0 bridgehead atoms. The Morgan fingerprint density at radius 3 is 2.37 bits per heavy atom. The Morgan fingerprint density at radius 1 is 1.00 bits per heavy atom. The van der Waals surface area contributed by atoms with E-state index in [1.807, 2.05) is 6.92 Å². The Balaban J connectivity index is 1.96. The molecule has 6 unspecified atom stereocenters. The van der Waals surface area contributed by atoms with Crippen molar-refractivity contribution in [1.82, 2.24) is 0 Å². The normalized spacial score (nSPS) is 30.7. The highest BCUT2D eigenvalue weighted by molar-refractivity contribution is 5.88. The summed E-state index contributed by atoms with van der Waals surface area (Å²) in [5.74, 6) is -0.414. The molecule has 0 radical (unpaired) electrons. The van der Waals surface area contributed by atoms with Crippen LogP contribution < -0.4 is 0 Å². The third kappa shape index (κ3) is 3.14. The van der Waals surface area contributed by atoms with Crippen LogP contribution in [0.25, 0.3) is 5.57 Å². The zero-order chi connectivity index (χ0) is 21.7. The molecule has 1 saturated heterocycles. The number of rotatable bonds is 3. The van der Waals surface area contributed by atoms with Gasteiger partial charge in [-0.3, -0.25) is 0 Å². The molecule has 160 valence electrons. The van der Waals surface area contributed by atoms with Crippen LogP contribution >= 0.6 is 0 Å². The molecule has 0 amide bonds. The number of benzene rings is 2. The zero-order valence-electron chi connectivity index (χ0n) is 18.2. The molecule has 2 aliphatic rings.